The third-order valence-corrected chi connectivity index (χ3v) is 3.19. The lowest BCUT2D eigenvalue weighted by atomic mass is 10.2. The van der Waals surface area contributed by atoms with E-state index in [1.54, 1.807) is 12.1 Å². The molecular formula is C15H15ClN2O3. The first-order valence-electron chi connectivity index (χ1n) is 6.53. The Hall–Kier alpha value is -2.11. The van der Waals surface area contributed by atoms with Crippen molar-refractivity contribution in [3.05, 3.63) is 63.2 Å². The van der Waals surface area contributed by atoms with E-state index in [1.165, 1.54) is 12.1 Å². The lowest BCUT2D eigenvalue weighted by Gasteiger charge is -2.12. The SMILES string of the molecule is CCNCc1ccccc1Oc1c(Cl)cccc1[N+](=O)[O-]. The van der Waals surface area contributed by atoms with E-state index in [1.807, 2.05) is 25.1 Å². The van der Waals surface area contributed by atoms with Gasteiger partial charge in [0.1, 0.15) is 5.75 Å². The van der Waals surface area contributed by atoms with Crippen LogP contribution < -0.4 is 10.1 Å². The van der Waals surface area contributed by atoms with E-state index in [0.717, 1.165) is 12.1 Å². The predicted molar refractivity (Wildman–Crippen MR) is 82.0 cm³/mol. The number of para-hydroxylation sites is 2. The van der Waals surface area contributed by atoms with Crippen LogP contribution in [0.25, 0.3) is 0 Å². The van der Waals surface area contributed by atoms with Crippen molar-refractivity contribution >= 4 is 17.3 Å². The third kappa shape index (κ3) is 3.71. The molecule has 21 heavy (non-hydrogen) atoms. The molecule has 0 aliphatic carbocycles. The highest BCUT2D eigenvalue weighted by molar-refractivity contribution is 6.32. The van der Waals surface area contributed by atoms with Gasteiger partial charge in [0.15, 0.2) is 0 Å². The molecule has 2 aromatic rings. The Morgan fingerprint density at radius 2 is 2.00 bits per heavy atom. The molecule has 6 heteroatoms. The second kappa shape index (κ2) is 7.06. The summed E-state index contributed by atoms with van der Waals surface area (Å²) in [6.07, 6.45) is 0. The minimum atomic E-state index is -0.506. The summed E-state index contributed by atoms with van der Waals surface area (Å²) in [4.78, 5) is 10.6. The zero-order valence-corrected chi connectivity index (χ0v) is 12.3. The van der Waals surface area contributed by atoms with Crippen LogP contribution in [-0.2, 0) is 6.54 Å². The molecule has 0 saturated heterocycles. The van der Waals surface area contributed by atoms with E-state index in [4.69, 9.17) is 16.3 Å². The van der Waals surface area contributed by atoms with Crippen molar-refractivity contribution in [3.63, 3.8) is 0 Å². The molecule has 110 valence electrons. The maximum atomic E-state index is 11.1. The molecule has 0 radical (unpaired) electrons. The molecule has 0 heterocycles. The topological polar surface area (TPSA) is 64.4 Å². The van der Waals surface area contributed by atoms with Gasteiger partial charge in [-0.15, -0.1) is 0 Å². The molecule has 0 unspecified atom stereocenters. The van der Waals surface area contributed by atoms with Gasteiger partial charge in [-0.1, -0.05) is 42.8 Å². The lowest BCUT2D eigenvalue weighted by Crippen LogP contribution is -2.12. The van der Waals surface area contributed by atoms with Crippen molar-refractivity contribution in [2.45, 2.75) is 13.5 Å². The van der Waals surface area contributed by atoms with Gasteiger partial charge in [-0.2, -0.15) is 0 Å². The highest BCUT2D eigenvalue weighted by atomic mass is 35.5. The molecule has 5 nitrogen and oxygen atoms in total. The molecule has 0 amide bonds. The normalized spacial score (nSPS) is 10.4. The Kier molecular flexibility index (Phi) is 5.14. The van der Waals surface area contributed by atoms with Crippen LogP contribution in [0.4, 0.5) is 5.69 Å². The summed E-state index contributed by atoms with van der Waals surface area (Å²) in [6, 6.07) is 11.8. The number of nitro benzene ring substituents is 1. The minimum Gasteiger partial charge on any atom is -0.448 e. The van der Waals surface area contributed by atoms with Crippen LogP contribution >= 0.6 is 11.6 Å². The van der Waals surface area contributed by atoms with E-state index in [2.05, 4.69) is 5.32 Å². The Balaban J connectivity index is 2.37. The van der Waals surface area contributed by atoms with E-state index in [-0.39, 0.29) is 16.5 Å². The maximum absolute atomic E-state index is 11.1. The first kappa shape index (κ1) is 15.3. The molecular weight excluding hydrogens is 292 g/mol. The maximum Gasteiger partial charge on any atom is 0.313 e. The molecule has 2 rings (SSSR count). The monoisotopic (exact) mass is 306 g/mol. The van der Waals surface area contributed by atoms with Crippen molar-refractivity contribution in [1.82, 2.24) is 5.32 Å². The van der Waals surface area contributed by atoms with Gasteiger partial charge in [0.2, 0.25) is 5.75 Å². The van der Waals surface area contributed by atoms with E-state index < -0.39 is 4.92 Å². The van der Waals surface area contributed by atoms with Crippen LogP contribution in [-0.4, -0.2) is 11.5 Å². The molecule has 0 bridgehead atoms. The Bertz CT molecular complexity index is 647. The van der Waals surface area contributed by atoms with Crippen molar-refractivity contribution in [1.29, 1.82) is 0 Å². The average molecular weight is 307 g/mol. The van der Waals surface area contributed by atoms with Gasteiger partial charge in [0.05, 0.1) is 9.95 Å². The van der Waals surface area contributed by atoms with Gasteiger partial charge < -0.3 is 10.1 Å². The first-order valence-corrected chi connectivity index (χ1v) is 6.90. The van der Waals surface area contributed by atoms with Crippen LogP contribution in [0.15, 0.2) is 42.5 Å². The van der Waals surface area contributed by atoms with Gasteiger partial charge >= 0.3 is 5.69 Å². The highest BCUT2D eigenvalue weighted by Crippen LogP contribution is 2.38. The third-order valence-electron chi connectivity index (χ3n) is 2.89. The first-order chi connectivity index (χ1) is 10.1. The second-order valence-electron chi connectivity index (χ2n) is 4.34. The molecule has 0 atom stereocenters. The van der Waals surface area contributed by atoms with Gasteiger partial charge in [-0.25, -0.2) is 0 Å². The highest BCUT2D eigenvalue weighted by Gasteiger charge is 2.19. The quantitative estimate of drug-likeness (QED) is 0.643. The summed E-state index contributed by atoms with van der Waals surface area (Å²) >= 11 is 6.03. The number of hydrogen-bond acceptors (Lipinski definition) is 4. The molecule has 0 saturated carbocycles. The minimum absolute atomic E-state index is 0.0631. The van der Waals surface area contributed by atoms with Crippen molar-refractivity contribution in [2.75, 3.05) is 6.54 Å². The van der Waals surface area contributed by atoms with Crippen LogP contribution in [0.2, 0.25) is 5.02 Å². The van der Waals surface area contributed by atoms with E-state index in [0.29, 0.717) is 12.3 Å². The summed E-state index contributed by atoms with van der Waals surface area (Å²) in [5.74, 6) is 0.614. The average Bonchev–Trinajstić information content (AvgIpc) is 2.48. The second-order valence-corrected chi connectivity index (χ2v) is 4.74. The molecule has 1 N–H and O–H groups in total. The van der Waals surface area contributed by atoms with Gasteiger partial charge in [-0.05, 0) is 18.7 Å². The van der Waals surface area contributed by atoms with Crippen LogP contribution in [0.3, 0.4) is 0 Å². The molecule has 2 aromatic carbocycles. The molecule has 0 aliphatic rings. The number of nitrogens with zero attached hydrogens (tertiary/aromatic N) is 1. The van der Waals surface area contributed by atoms with Crippen LogP contribution in [0.5, 0.6) is 11.5 Å². The van der Waals surface area contributed by atoms with E-state index >= 15 is 0 Å². The van der Waals surface area contributed by atoms with Crippen molar-refractivity contribution in [2.24, 2.45) is 0 Å². The Labute approximate surface area is 127 Å². The fourth-order valence-corrected chi connectivity index (χ4v) is 2.07. The predicted octanol–water partition coefficient (Wildman–Crippen LogP) is 4.15. The fraction of sp³-hybridized carbons (Fsp3) is 0.200. The number of nitrogens with one attached hydrogen (secondary N) is 1. The number of hydrogen-bond donors (Lipinski definition) is 1. The number of halogens is 1. The van der Waals surface area contributed by atoms with Gasteiger partial charge in [-0.3, -0.25) is 10.1 Å². The number of rotatable bonds is 6. The number of benzene rings is 2. The van der Waals surface area contributed by atoms with Gasteiger partial charge in [0, 0.05) is 18.2 Å². The summed E-state index contributed by atoms with van der Waals surface area (Å²) in [7, 11) is 0. The molecule has 0 fully saturated rings. The zero-order valence-electron chi connectivity index (χ0n) is 11.5. The summed E-state index contributed by atoms with van der Waals surface area (Å²) < 4.78 is 5.72. The number of ether oxygens (including phenoxy) is 1. The summed E-state index contributed by atoms with van der Waals surface area (Å²) in [5.41, 5.74) is 0.759. The van der Waals surface area contributed by atoms with Crippen molar-refractivity contribution in [3.8, 4) is 11.5 Å². The largest absolute Gasteiger partial charge is 0.448 e. The summed E-state index contributed by atoms with van der Waals surface area (Å²) in [5, 5.41) is 14.5. The van der Waals surface area contributed by atoms with Crippen LogP contribution in [0.1, 0.15) is 12.5 Å². The lowest BCUT2D eigenvalue weighted by molar-refractivity contribution is -0.385. The fourth-order valence-electron chi connectivity index (χ4n) is 1.86. The Morgan fingerprint density at radius 1 is 1.24 bits per heavy atom. The van der Waals surface area contributed by atoms with Gasteiger partial charge in [0.25, 0.3) is 0 Å². The smallest absolute Gasteiger partial charge is 0.313 e. The van der Waals surface area contributed by atoms with Crippen LogP contribution in [0, 0.1) is 10.1 Å². The molecule has 0 aromatic heterocycles. The zero-order chi connectivity index (χ0) is 15.2. The standard InChI is InChI=1S/C15H15ClN2O3/c1-2-17-10-11-6-3-4-9-14(11)21-15-12(16)7-5-8-13(15)18(19)20/h3-9,17H,2,10H2,1H3. The Morgan fingerprint density at radius 3 is 2.71 bits per heavy atom. The van der Waals surface area contributed by atoms with E-state index in [9.17, 15) is 10.1 Å². The molecule has 0 spiro atoms. The number of nitro groups is 1. The van der Waals surface area contributed by atoms with Crippen molar-refractivity contribution < 1.29 is 9.66 Å². The summed E-state index contributed by atoms with van der Waals surface area (Å²) in [6.45, 7) is 3.44. The molecule has 0 aliphatic heterocycles.